The van der Waals surface area contributed by atoms with Gasteiger partial charge in [-0.05, 0) is 36.5 Å². The van der Waals surface area contributed by atoms with E-state index in [9.17, 15) is 13.2 Å². The molecule has 0 aromatic heterocycles. The summed E-state index contributed by atoms with van der Waals surface area (Å²) >= 11 is 0. The molecule has 3 nitrogen and oxygen atoms in total. The molecule has 0 amide bonds. The highest BCUT2D eigenvalue weighted by Crippen LogP contribution is 2.23. The van der Waals surface area contributed by atoms with Crippen LogP contribution >= 0.6 is 10.7 Å². The Morgan fingerprint density at radius 1 is 1.24 bits per heavy atom. The predicted molar refractivity (Wildman–Crippen MR) is 67.1 cm³/mol. The topological polar surface area (TPSA) is 51.2 Å². The SMILES string of the molecule is O=C(CCS(=O)(=O)Cl)c1ccc2c(c1)CCC2. The smallest absolute Gasteiger partial charge is 0.233 e. The molecular formula is C12H13ClO3S. The summed E-state index contributed by atoms with van der Waals surface area (Å²) in [6.45, 7) is 0. The Hall–Kier alpha value is -0.870. The molecule has 0 aliphatic heterocycles. The zero-order valence-electron chi connectivity index (χ0n) is 9.28. The number of halogens is 1. The molecule has 0 N–H and O–H groups in total. The normalized spacial score (nSPS) is 14.6. The Morgan fingerprint density at radius 3 is 2.65 bits per heavy atom. The van der Waals surface area contributed by atoms with E-state index in [0.29, 0.717) is 5.56 Å². The van der Waals surface area contributed by atoms with Crippen LogP contribution in [0.1, 0.15) is 34.3 Å². The molecule has 0 heterocycles. The number of hydrogen-bond acceptors (Lipinski definition) is 3. The molecule has 17 heavy (non-hydrogen) atoms. The van der Waals surface area contributed by atoms with E-state index in [1.807, 2.05) is 12.1 Å². The van der Waals surface area contributed by atoms with Gasteiger partial charge in [-0.25, -0.2) is 8.42 Å². The Morgan fingerprint density at radius 2 is 1.94 bits per heavy atom. The van der Waals surface area contributed by atoms with Crippen LogP contribution in [-0.2, 0) is 21.9 Å². The fourth-order valence-electron chi connectivity index (χ4n) is 2.10. The van der Waals surface area contributed by atoms with Crippen molar-refractivity contribution in [1.82, 2.24) is 0 Å². The maximum absolute atomic E-state index is 11.8. The largest absolute Gasteiger partial charge is 0.294 e. The molecule has 0 fully saturated rings. The van der Waals surface area contributed by atoms with E-state index in [1.165, 1.54) is 11.1 Å². The van der Waals surface area contributed by atoms with Gasteiger partial charge in [-0.3, -0.25) is 4.79 Å². The molecule has 2 rings (SSSR count). The highest BCUT2D eigenvalue weighted by atomic mass is 35.7. The van der Waals surface area contributed by atoms with Crippen LogP contribution in [0.4, 0.5) is 0 Å². The van der Waals surface area contributed by atoms with Gasteiger partial charge < -0.3 is 0 Å². The summed E-state index contributed by atoms with van der Waals surface area (Å²) in [4.78, 5) is 11.8. The van der Waals surface area contributed by atoms with Crippen molar-refractivity contribution >= 4 is 25.5 Å². The van der Waals surface area contributed by atoms with Gasteiger partial charge in [0.2, 0.25) is 9.05 Å². The van der Waals surface area contributed by atoms with E-state index >= 15 is 0 Å². The molecule has 0 radical (unpaired) electrons. The molecular weight excluding hydrogens is 260 g/mol. The summed E-state index contributed by atoms with van der Waals surface area (Å²) in [5.74, 6) is -0.464. The van der Waals surface area contributed by atoms with Crippen LogP contribution in [0.2, 0.25) is 0 Å². The fourth-order valence-corrected chi connectivity index (χ4v) is 2.76. The minimum absolute atomic E-state index is 0.0510. The summed E-state index contributed by atoms with van der Waals surface area (Å²) in [7, 11) is 1.49. The summed E-state index contributed by atoms with van der Waals surface area (Å²) < 4.78 is 21.5. The third kappa shape index (κ3) is 3.30. The number of hydrogen-bond donors (Lipinski definition) is 0. The lowest BCUT2D eigenvalue weighted by atomic mass is 10.0. The van der Waals surface area contributed by atoms with Crippen LogP contribution in [0.15, 0.2) is 18.2 Å². The second-order valence-electron chi connectivity index (χ2n) is 4.25. The molecule has 0 bridgehead atoms. The van der Waals surface area contributed by atoms with Crippen molar-refractivity contribution in [2.24, 2.45) is 0 Å². The van der Waals surface area contributed by atoms with Crippen LogP contribution in [0.5, 0.6) is 0 Å². The molecule has 0 unspecified atom stereocenters. The summed E-state index contributed by atoms with van der Waals surface area (Å²) in [5.41, 5.74) is 3.10. The zero-order chi connectivity index (χ0) is 12.5. The summed E-state index contributed by atoms with van der Waals surface area (Å²) in [6.07, 6.45) is 3.15. The Bertz CT molecular complexity index is 549. The van der Waals surface area contributed by atoms with Crippen molar-refractivity contribution in [1.29, 1.82) is 0 Å². The van der Waals surface area contributed by atoms with Crippen LogP contribution in [-0.4, -0.2) is 20.0 Å². The summed E-state index contributed by atoms with van der Waals surface area (Å²) in [6, 6.07) is 5.61. The number of aryl methyl sites for hydroxylation is 2. The molecule has 1 aliphatic carbocycles. The minimum Gasteiger partial charge on any atom is -0.294 e. The quantitative estimate of drug-likeness (QED) is 0.624. The molecule has 0 saturated carbocycles. The number of carbonyl (C=O) groups excluding carboxylic acids is 1. The van der Waals surface area contributed by atoms with Gasteiger partial charge in [0.25, 0.3) is 0 Å². The number of carbonyl (C=O) groups is 1. The average Bonchev–Trinajstić information content (AvgIpc) is 2.71. The third-order valence-corrected chi connectivity index (χ3v) is 4.15. The van der Waals surface area contributed by atoms with Gasteiger partial charge in [0.15, 0.2) is 5.78 Å². The first-order chi connectivity index (χ1) is 7.96. The second kappa shape index (κ2) is 4.78. The van der Waals surface area contributed by atoms with Gasteiger partial charge in [-0.15, -0.1) is 0 Å². The van der Waals surface area contributed by atoms with Crippen molar-refractivity contribution in [3.8, 4) is 0 Å². The van der Waals surface area contributed by atoms with Crippen LogP contribution in [0, 0.1) is 0 Å². The standard InChI is InChI=1S/C12H13ClO3S/c13-17(15,16)7-6-12(14)11-5-4-9-2-1-3-10(9)8-11/h4-5,8H,1-3,6-7H2. The van der Waals surface area contributed by atoms with E-state index in [2.05, 4.69) is 0 Å². The number of Topliss-reactive ketones (excluding diaryl/α,β-unsaturated/α-hetero) is 1. The van der Waals surface area contributed by atoms with Gasteiger partial charge in [0, 0.05) is 22.7 Å². The van der Waals surface area contributed by atoms with Gasteiger partial charge in [-0.1, -0.05) is 12.1 Å². The molecule has 0 spiro atoms. The first-order valence-electron chi connectivity index (χ1n) is 5.53. The van der Waals surface area contributed by atoms with Crippen LogP contribution < -0.4 is 0 Å². The third-order valence-electron chi connectivity index (χ3n) is 2.99. The first kappa shape index (κ1) is 12.6. The maximum atomic E-state index is 11.8. The average molecular weight is 273 g/mol. The molecule has 5 heteroatoms. The second-order valence-corrected chi connectivity index (χ2v) is 7.15. The van der Waals surface area contributed by atoms with E-state index in [-0.39, 0.29) is 18.0 Å². The lowest BCUT2D eigenvalue weighted by molar-refractivity contribution is 0.0989. The van der Waals surface area contributed by atoms with E-state index in [4.69, 9.17) is 10.7 Å². The first-order valence-corrected chi connectivity index (χ1v) is 8.01. The molecule has 0 saturated heterocycles. The molecule has 1 aromatic carbocycles. The van der Waals surface area contributed by atoms with Crippen molar-refractivity contribution < 1.29 is 13.2 Å². The molecule has 92 valence electrons. The number of ketones is 1. The molecule has 0 atom stereocenters. The number of rotatable bonds is 4. The van der Waals surface area contributed by atoms with Crippen molar-refractivity contribution in [2.75, 3.05) is 5.75 Å². The van der Waals surface area contributed by atoms with E-state index in [0.717, 1.165) is 19.3 Å². The van der Waals surface area contributed by atoms with Gasteiger partial charge >= 0.3 is 0 Å². The van der Waals surface area contributed by atoms with E-state index in [1.54, 1.807) is 6.07 Å². The number of fused-ring (bicyclic) bond motifs is 1. The minimum atomic E-state index is -3.59. The number of benzene rings is 1. The maximum Gasteiger partial charge on any atom is 0.233 e. The van der Waals surface area contributed by atoms with Crippen LogP contribution in [0.3, 0.4) is 0 Å². The fraction of sp³-hybridized carbons (Fsp3) is 0.417. The molecule has 1 aromatic rings. The molecule has 1 aliphatic rings. The predicted octanol–water partition coefficient (Wildman–Crippen LogP) is 2.32. The van der Waals surface area contributed by atoms with Crippen molar-refractivity contribution in [2.45, 2.75) is 25.7 Å². The lowest BCUT2D eigenvalue weighted by Crippen LogP contribution is -2.07. The summed E-state index contributed by atoms with van der Waals surface area (Å²) in [5, 5.41) is 0. The van der Waals surface area contributed by atoms with Gasteiger partial charge in [0.1, 0.15) is 0 Å². The van der Waals surface area contributed by atoms with Crippen molar-refractivity contribution in [3.05, 3.63) is 34.9 Å². The van der Waals surface area contributed by atoms with E-state index < -0.39 is 9.05 Å². The highest BCUT2D eigenvalue weighted by Gasteiger charge is 2.15. The Labute approximate surface area is 105 Å². The van der Waals surface area contributed by atoms with Gasteiger partial charge in [0.05, 0.1) is 5.75 Å². The van der Waals surface area contributed by atoms with Gasteiger partial charge in [-0.2, -0.15) is 0 Å². The lowest BCUT2D eigenvalue weighted by Gasteiger charge is -2.03. The van der Waals surface area contributed by atoms with Crippen molar-refractivity contribution in [3.63, 3.8) is 0 Å². The Kier molecular flexibility index (Phi) is 3.54. The zero-order valence-corrected chi connectivity index (χ0v) is 10.9. The monoisotopic (exact) mass is 272 g/mol. The Balaban J connectivity index is 2.10. The highest BCUT2D eigenvalue weighted by molar-refractivity contribution is 8.13. The van der Waals surface area contributed by atoms with Crippen LogP contribution in [0.25, 0.3) is 0 Å².